The van der Waals surface area contributed by atoms with Crippen molar-refractivity contribution in [1.82, 2.24) is 9.29 Å². The van der Waals surface area contributed by atoms with Crippen LogP contribution in [0.5, 0.6) is 0 Å². The van der Waals surface area contributed by atoms with E-state index in [9.17, 15) is 17.6 Å². The number of hydrogen-bond donors (Lipinski definition) is 1. The second-order valence-electron chi connectivity index (χ2n) is 5.99. The Bertz CT molecular complexity index is 865. The van der Waals surface area contributed by atoms with Crippen LogP contribution in [0, 0.1) is 11.7 Å². The average molecular weight is 383 g/mol. The lowest BCUT2D eigenvalue weighted by Crippen LogP contribution is -2.43. The fourth-order valence-corrected chi connectivity index (χ4v) is 4.38. The van der Waals surface area contributed by atoms with E-state index >= 15 is 0 Å². The molecular weight excluding hydrogens is 365 g/mol. The lowest BCUT2D eigenvalue weighted by molar-refractivity contribution is -0.120. The largest absolute Gasteiger partial charge is 0.302 e. The van der Waals surface area contributed by atoms with Crippen LogP contribution in [0.25, 0.3) is 11.3 Å². The van der Waals surface area contributed by atoms with Gasteiger partial charge in [-0.05, 0) is 37.1 Å². The van der Waals surface area contributed by atoms with E-state index in [2.05, 4.69) is 10.3 Å². The molecule has 134 valence electrons. The van der Waals surface area contributed by atoms with Gasteiger partial charge in [0, 0.05) is 24.0 Å². The minimum absolute atomic E-state index is 0.195. The number of thiazole rings is 1. The summed E-state index contributed by atoms with van der Waals surface area (Å²) in [6.07, 6.45) is 2.46. The molecule has 1 fully saturated rings. The SMILES string of the molecule is CS(=O)(=O)N1CCCC(C(=O)Nc2nc(-c3ccc(F)cc3)cs2)C1. The highest BCUT2D eigenvalue weighted by molar-refractivity contribution is 7.88. The van der Waals surface area contributed by atoms with Crippen LogP contribution in [-0.4, -0.2) is 43.0 Å². The minimum Gasteiger partial charge on any atom is -0.302 e. The normalized spacial score (nSPS) is 18.9. The predicted octanol–water partition coefficient (Wildman–Crippen LogP) is 2.56. The van der Waals surface area contributed by atoms with Crippen LogP contribution >= 0.6 is 11.3 Å². The number of rotatable bonds is 4. The monoisotopic (exact) mass is 383 g/mol. The zero-order valence-corrected chi connectivity index (χ0v) is 15.2. The van der Waals surface area contributed by atoms with E-state index < -0.39 is 10.0 Å². The number of anilines is 1. The Kier molecular flexibility index (Phi) is 5.16. The summed E-state index contributed by atoms with van der Waals surface area (Å²) in [5.74, 6) is -0.935. The summed E-state index contributed by atoms with van der Waals surface area (Å²) in [6, 6.07) is 5.96. The fraction of sp³-hybridized carbons (Fsp3) is 0.375. The van der Waals surface area contributed by atoms with Gasteiger partial charge in [-0.1, -0.05) is 0 Å². The molecule has 0 aliphatic carbocycles. The molecule has 0 radical (unpaired) electrons. The maximum absolute atomic E-state index is 13.0. The van der Waals surface area contributed by atoms with Gasteiger partial charge in [0.2, 0.25) is 15.9 Å². The Morgan fingerprint density at radius 1 is 1.36 bits per heavy atom. The number of nitrogens with zero attached hydrogens (tertiary/aromatic N) is 2. The van der Waals surface area contributed by atoms with Crippen LogP contribution in [0.4, 0.5) is 9.52 Å². The van der Waals surface area contributed by atoms with Gasteiger partial charge in [0.1, 0.15) is 5.82 Å². The number of sulfonamides is 1. The Hall–Kier alpha value is -1.84. The van der Waals surface area contributed by atoms with Crippen molar-refractivity contribution in [2.24, 2.45) is 5.92 Å². The van der Waals surface area contributed by atoms with Crippen molar-refractivity contribution in [2.75, 3.05) is 24.7 Å². The molecule has 1 aromatic heterocycles. The van der Waals surface area contributed by atoms with Crippen molar-refractivity contribution >= 4 is 32.4 Å². The van der Waals surface area contributed by atoms with Gasteiger partial charge in [-0.2, -0.15) is 0 Å². The van der Waals surface area contributed by atoms with Crippen molar-refractivity contribution < 1.29 is 17.6 Å². The van der Waals surface area contributed by atoms with Gasteiger partial charge in [0.15, 0.2) is 5.13 Å². The molecular formula is C16H18FN3O3S2. The van der Waals surface area contributed by atoms with Gasteiger partial charge < -0.3 is 5.32 Å². The van der Waals surface area contributed by atoms with E-state index in [0.717, 1.165) is 11.8 Å². The summed E-state index contributed by atoms with van der Waals surface area (Å²) in [6.45, 7) is 0.648. The van der Waals surface area contributed by atoms with Gasteiger partial charge in [-0.15, -0.1) is 11.3 Å². The lowest BCUT2D eigenvalue weighted by Gasteiger charge is -2.29. The topological polar surface area (TPSA) is 79.4 Å². The zero-order valence-electron chi connectivity index (χ0n) is 13.6. The second kappa shape index (κ2) is 7.19. The molecule has 1 aliphatic heterocycles. The van der Waals surface area contributed by atoms with Gasteiger partial charge in [-0.3, -0.25) is 4.79 Å². The fourth-order valence-electron chi connectivity index (χ4n) is 2.75. The third-order valence-electron chi connectivity index (χ3n) is 4.10. The molecule has 0 spiro atoms. The molecule has 1 unspecified atom stereocenters. The van der Waals surface area contributed by atoms with Crippen LogP contribution in [0.2, 0.25) is 0 Å². The predicted molar refractivity (Wildman–Crippen MR) is 95.3 cm³/mol. The Balaban J connectivity index is 1.66. The average Bonchev–Trinajstić information content (AvgIpc) is 3.03. The first-order valence-corrected chi connectivity index (χ1v) is 10.5. The van der Waals surface area contributed by atoms with Crippen molar-refractivity contribution in [3.8, 4) is 11.3 Å². The first-order valence-electron chi connectivity index (χ1n) is 7.80. The number of amides is 1. The van der Waals surface area contributed by atoms with Crippen LogP contribution in [0.3, 0.4) is 0 Å². The molecule has 1 amide bonds. The summed E-state index contributed by atoms with van der Waals surface area (Å²) >= 11 is 1.28. The molecule has 1 aliphatic rings. The number of piperidine rings is 1. The molecule has 3 rings (SSSR count). The molecule has 6 nitrogen and oxygen atoms in total. The van der Waals surface area contributed by atoms with E-state index in [1.807, 2.05) is 0 Å². The van der Waals surface area contributed by atoms with Gasteiger partial charge in [-0.25, -0.2) is 22.1 Å². The highest BCUT2D eigenvalue weighted by Gasteiger charge is 2.30. The molecule has 25 heavy (non-hydrogen) atoms. The summed E-state index contributed by atoms with van der Waals surface area (Å²) in [7, 11) is -3.29. The highest BCUT2D eigenvalue weighted by Crippen LogP contribution is 2.26. The Morgan fingerprint density at radius 2 is 2.08 bits per heavy atom. The van der Waals surface area contributed by atoms with E-state index in [4.69, 9.17) is 0 Å². The number of benzene rings is 1. The first kappa shape index (κ1) is 18.0. The van der Waals surface area contributed by atoms with Crippen molar-refractivity contribution in [3.63, 3.8) is 0 Å². The van der Waals surface area contributed by atoms with Crippen LogP contribution in [0.15, 0.2) is 29.6 Å². The van der Waals surface area contributed by atoms with E-state index in [1.54, 1.807) is 17.5 Å². The number of carbonyl (C=O) groups excluding carboxylic acids is 1. The molecule has 2 heterocycles. The lowest BCUT2D eigenvalue weighted by atomic mass is 9.99. The molecule has 2 aromatic rings. The summed E-state index contributed by atoms with van der Waals surface area (Å²) in [4.78, 5) is 16.8. The van der Waals surface area contributed by atoms with E-state index in [1.165, 1.54) is 27.8 Å². The van der Waals surface area contributed by atoms with Gasteiger partial charge in [0.25, 0.3) is 0 Å². The number of carbonyl (C=O) groups is 1. The van der Waals surface area contributed by atoms with Gasteiger partial charge in [0.05, 0.1) is 17.9 Å². The number of aromatic nitrogens is 1. The van der Waals surface area contributed by atoms with E-state index in [0.29, 0.717) is 30.2 Å². The third kappa shape index (κ3) is 4.42. The molecule has 1 atom stereocenters. The zero-order chi connectivity index (χ0) is 18.0. The van der Waals surface area contributed by atoms with E-state index in [-0.39, 0.29) is 24.2 Å². The summed E-state index contributed by atoms with van der Waals surface area (Å²) in [5.41, 5.74) is 1.42. The summed E-state index contributed by atoms with van der Waals surface area (Å²) < 4.78 is 37.6. The smallest absolute Gasteiger partial charge is 0.230 e. The van der Waals surface area contributed by atoms with Crippen LogP contribution < -0.4 is 5.32 Å². The maximum Gasteiger partial charge on any atom is 0.230 e. The quantitative estimate of drug-likeness (QED) is 0.880. The Morgan fingerprint density at radius 3 is 2.76 bits per heavy atom. The first-order chi connectivity index (χ1) is 11.8. The highest BCUT2D eigenvalue weighted by atomic mass is 32.2. The molecule has 1 aromatic carbocycles. The number of hydrogen-bond acceptors (Lipinski definition) is 5. The molecule has 0 saturated carbocycles. The van der Waals surface area contributed by atoms with Gasteiger partial charge >= 0.3 is 0 Å². The number of nitrogens with one attached hydrogen (secondary N) is 1. The van der Waals surface area contributed by atoms with Crippen LogP contribution in [-0.2, 0) is 14.8 Å². The maximum atomic E-state index is 13.0. The molecule has 0 bridgehead atoms. The number of halogens is 1. The summed E-state index contributed by atoms with van der Waals surface area (Å²) in [5, 5.41) is 4.99. The molecule has 1 saturated heterocycles. The third-order valence-corrected chi connectivity index (χ3v) is 6.13. The van der Waals surface area contributed by atoms with Crippen molar-refractivity contribution in [1.29, 1.82) is 0 Å². The standard InChI is InChI=1S/C16H18FN3O3S2/c1-25(22,23)20-8-2-3-12(9-20)15(21)19-16-18-14(10-24-16)11-4-6-13(17)7-5-11/h4-7,10,12H,2-3,8-9H2,1H3,(H,18,19,21). The van der Waals surface area contributed by atoms with Crippen molar-refractivity contribution in [2.45, 2.75) is 12.8 Å². The molecule has 1 N–H and O–H groups in total. The van der Waals surface area contributed by atoms with Crippen LogP contribution in [0.1, 0.15) is 12.8 Å². The minimum atomic E-state index is -3.29. The Labute approximate surface area is 149 Å². The van der Waals surface area contributed by atoms with Crippen molar-refractivity contribution in [3.05, 3.63) is 35.5 Å². The molecule has 9 heteroatoms. The second-order valence-corrected chi connectivity index (χ2v) is 8.83.